The van der Waals surface area contributed by atoms with Crippen LogP contribution >= 0.6 is 0 Å². The number of pyridine rings is 1. The van der Waals surface area contributed by atoms with Gasteiger partial charge in [-0.25, -0.2) is 0 Å². The topological polar surface area (TPSA) is 80.6 Å². The van der Waals surface area contributed by atoms with Crippen molar-refractivity contribution in [3.63, 3.8) is 0 Å². The van der Waals surface area contributed by atoms with Gasteiger partial charge < -0.3 is 14.5 Å². The first kappa shape index (κ1) is 20.0. The third kappa shape index (κ3) is 5.39. The predicted molar refractivity (Wildman–Crippen MR) is 103 cm³/mol. The van der Waals surface area contributed by atoms with Gasteiger partial charge in [-0.1, -0.05) is 6.07 Å². The molecule has 3 rings (SSSR count). The van der Waals surface area contributed by atoms with E-state index in [1.807, 2.05) is 34.2 Å². The van der Waals surface area contributed by atoms with Gasteiger partial charge in [-0.15, -0.1) is 0 Å². The minimum Gasteiger partial charge on any atom is -0.375 e. The molecule has 2 amide bonds. The zero-order chi connectivity index (χ0) is 19.8. The lowest BCUT2D eigenvalue weighted by Gasteiger charge is -2.39. The Labute approximate surface area is 165 Å². The molecular formula is C20H27N5O3. The van der Waals surface area contributed by atoms with Crippen LogP contribution < -0.4 is 0 Å². The van der Waals surface area contributed by atoms with Gasteiger partial charge in [0.05, 0.1) is 0 Å². The van der Waals surface area contributed by atoms with E-state index in [0.717, 1.165) is 24.9 Å². The number of aromatic nitrogens is 3. The second kappa shape index (κ2) is 9.98. The summed E-state index contributed by atoms with van der Waals surface area (Å²) in [5.74, 6) is 0.0305. The maximum absolute atomic E-state index is 12.7. The monoisotopic (exact) mass is 385 g/mol. The normalized spacial score (nSPS) is 16.8. The zero-order valence-electron chi connectivity index (χ0n) is 16.2. The molecule has 0 spiro atoms. The van der Waals surface area contributed by atoms with Crippen molar-refractivity contribution in [1.29, 1.82) is 0 Å². The summed E-state index contributed by atoms with van der Waals surface area (Å²) >= 11 is 0. The molecule has 0 radical (unpaired) electrons. The van der Waals surface area contributed by atoms with Crippen LogP contribution in [0.1, 0.15) is 24.8 Å². The van der Waals surface area contributed by atoms with Crippen molar-refractivity contribution in [3.8, 4) is 0 Å². The zero-order valence-corrected chi connectivity index (χ0v) is 16.2. The molecule has 0 saturated carbocycles. The smallest absolute Gasteiger partial charge is 0.249 e. The van der Waals surface area contributed by atoms with Crippen molar-refractivity contribution >= 4 is 11.8 Å². The van der Waals surface area contributed by atoms with Crippen LogP contribution in [0, 0.1) is 0 Å². The molecule has 2 aromatic rings. The summed E-state index contributed by atoms with van der Waals surface area (Å²) in [7, 11) is 1.52. The number of nitrogens with zero attached hydrogens (tertiary/aromatic N) is 5. The Balaban J connectivity index is 1.64. The van der Waals surface area contributed by atoms with Crippen LogP contribution in [0.4, 0.5) is 0 Å². The SMILES string of the molecule is COCC(=O)N(Cc1cccnc1)C1CCCN(C(=O)CCn2cccn2)C1. The minimum atomic E-state index is -0.0674. The van der Waals surface area contributed by atoms with Crippen LogP contribution in [0.15, 0.2) is 43.0 Å². The number of hydrogen-bond acceptors (Lipinski definition) is 5. The number of carbonyl (C=O) groups excluding carboxylic acids is 2. The average Bonchev–Trinajstić information content (AvgIpc) is 3.25. The molecule has 1 saturated heterocycles. The maximum Gasteiger partial charge on any atom is 0.249 e. The lowest BCUT2D eigenvalue weighted by Crippen LogP contribution is -2.52. The van der Waals surface area contributed by atoms with Crippen molar-refractivity contribution < 1.29 is 14.3 Å². The number of methoxy groups -OCH3 is 1. The van der Waals surface area contributed by atoms with Crippen molar-refractivity contribution in [2.75, 3.05) is 26.8 Å². The Morgan fingerprint density at radius 3 is 2.93 bits per heavy atom. The van der Waals surface area contributed by atoms with Crippen LogP contribution in [-0.4, -0.2) is 69.2 Å². The number of aryl methyl sites for hydroxylation is 1. The predicted octanol–water partition coefficient (Wildman–Crippen LogP) is 1.33. The van der Waals surface area contributed by atoms with E-state index < -0.39 is 0 Å². The van der Waals surface area contributed by atoms with Crippen molar-refractivity contribution in [1.82, 2.24) is 24.6 Å². The van der Waals surface area contributed by atoms with Gasteiger partial charge in [-0.3, -0.25) is 19.3 Å². The molecule has 8 nitrogen and oxygen atoms in total. The first-order chi connectivity index (χ1) is 13.7. The van der Waals surface area contributed by atoms with Crippen LogP contribution in [0.5, 0.6) is 0 Å². The second-order valence-electron chi connectivity index (χ2n) is 6.97. The molecule has 0 bridgehead atoms. The number of carbonyl (C=O) groups is 2. The number of likely N-dealkylation sites (tertiary alicyclic amines) is 1. The average molecular weight is 385 g/mol. The minimum absolute atomic E-state index is 0.0229. The number of rotatable bonds is 8. The summed E-state index contributed by atoms with van der Waals surface area (Å²) in [6, 6.07) is 5.64. The third-order valence-electron chi connectivity index (χ3n) is 4.97. The molecule has 1 aliphatic rings. The lowest BCUT2D eigenvalue weighted by molar-refractivity contribution is -0.143. The quantitative estimate of drug-likeness (QED) is 0.685. The summed E-state index contributed by atoms with van der Waals surface area (Å²) in [5.41, 5.74) is 0.967. The van der Waals surface area contributed by atoms with E-state index in [9.17, 15) is 9.59 Å². The third-order valence-corrected chi connectivity index (χ3v) is 4.97. The first-order valence-corrected chi connectivity index (χ1v) is 9.60. The number of amides is 2. The van der Waals surface area contributed by atoms with Crippen molar-refractivity contribution in [2.24, 2.45) is 0 Å². The molecular weight excluding hydrogens is 358 g/mol. The van der Waals surface area contributed by atoms with Crippen molar-refractivity contribution in [2.45, 2.75) is 38.4 Å². The standard InChI is InChI=1S/C20H27N5O3/c1-28-16-20(27)25(14-17-5-2-8-21-13-17)18-6-3-10-23(15-18)19(26)7-12-24-11-4-9-22-24/h2,4-5,8-9,11,13,18H,3,6-7,10,12,14-16H2,1H3. The van der Waals surface area contributed by atoms with Crippen LogP contribution in [-0.2, 0) is 27.4 Å². The molecule has 1 fully saturated rings. The summed E-state index contributed by atoms with van der Waals surface area (Å²) in [5, 5.41) is 4.14. The Morgan fingerprint density at radius 1 is 1.32 bits per heavy atom. The van der Waals surface area contributed by atoms with Crippen molar-refractivity contribution in [3.05, 3.63) is 48.5 Å². The fraction of sp³-hybridized carbons (Fsp3) is 0.500. The summed E-state index contributed by atoms with van der Waals surface area (Å²) in [6.45, 7) is 2.34. The highest BCUT2D eigenvalue weighted by atomic mass is 16.5. The van der Waals surface area contributed by atoms with Gasteiger partial charge in [0.25, 0.3) is 0 Å². The van der Waals surface area contributed by atoms with E-state index in [1.54, 1.807) is 23.3 Å². The fourth-order valence-corrected chi connectivity index (χ4v) is 3.55. The summed E-state index contributed by atoms with van der Waals surface area (Å²) in [4.78, 5) is 33.2. The van der Waals surface area contributed by atoms with Gasteiger partial charge in [0, 0.05) is 70.5 Å². The van der Waals surface area contributed by atoms with Crippen LogP contribution in [0.25, 0.3) is 0 Å². The molecule has 0 N–H and O–H groups in total. The molecule has 8 heteroatoms. The largest absolute Gasteiger partial charge is 0.375 e. The molecule has 3 heterocycles. The summed E-state index contributed by atoms with van der Waals surface area (Å²) < 4.78 is 6.83. The second-order valence-corrected chi connectivity index (χ2v) is 6.97. The van der Waals surface area contributed by atoms with Gasteiger partial charge in [0.2, 0.25) is 11.8 Å². The molecule has 1 aliphatic heterocycles. The molecule has 0 aromatic carbocycles. The fourth-order valence-electron chi connectivity index (χ4n) is 3.55. The van der Waals surface area contributed by atoms with Crippen LogP contribution in [0.3, 0.4) is 0 Å². The Kier molecular flexibility index (Phi) is 7.13. The van der Waals surface area contributed by atoms with Crippen LogP contribution in [0.2, 0.25) is 0 Å². The highest BCUT2D eigenvalue weighted by molar-refractivity contribution is 5.78. The van der Waals surface area contributed by atoms with Gasteiger partial charge in [-0.2, -0.15) is 5.10 Å². The Bertz CT molecular complexity index is 750. The molecule has 1 unspecified atom stereocenters. The van der Waals surface area contributed by atoms with Gasteiger partial charge >= 0.3 is 0 Å². The van der Waals surface area contributed by atoms with E-state index in [0.29, 0.717) is 26.1 Å². The van der Waals surface area contributed by atoms with E-state index in [4.69, 9.17) is 4.74 Å². The number of ether oxygens (including phenoxy) is 1. The molecule has 28 heavy (non-hydrogen) atoms. The number of hydrogen-bond donors (Lipinski definition) is 0. The maximum atomic E-state index is 12.7. The Hall–Kier alpha value is -2.74. The lowest BCUT2D eigenvalue weighted by atomic mass is 10.0. The van der Waals surface area contributed by atoms with E-state index in [2.05, 4.69) is 10.1 Å². The molecule has 2 aromatic heterocycles. The number of piperidine rings is 1. The molecule has 0 aliphatic carbocycles. The Morgan fingerprint density at radius 2 is 2.21 bits per heavy atom. The van der Waals surface area contributed by atoms with E-state index in [1.165, 1.54) is 7.11 Å². The van der Waals surface area contributed by atoms with Gasteiger partial charge in [0.1, 0.15) is 6.61 Å². The highest BCUT2D eigenvalue weighted by Crippen LogP contribution is 2.19. The first-order valence-electron chi connectivity index (χ1n) is 9.60. The van der Waals surface area contributed by atoms with Gasteiger partial charge in [-0.05, 0) is 30.5 Å². The highest BCUT2D eigenvalue weighted by Gasteiger charge is 2.30. The molecule has 150 valence electrons. The summed E-state index contributed by atoms with van der Waals surface area (Å²) in [6.07, 6.45) is 9.20. The van der Waals surface area contributed by atoms with E-state index >= 15 is 0 Å². The van der Waals surface area contributed by atoms with E-state index in [-0.39, 0.29) is 24.5 Å². The van der Waals surface area contributed by atoms with Gasteiger partial charge in [0.15, 0.2) is 0 Å². The molecule has 1 atom stereocenters.